The van der Waals surface area contributed by atoms with Gasteiger partial charge in [0.15, 0.2) is 0 Å². The van der Waals surface area contributed by atoms with E-state index in [-0.39, 0.29) is 5.54 Å². The topological polar surface area (TPSA) is 45.0 Å². The van der Waals surface area contributed by atoms with Crippen LogP contribution in [-0.2, 0) is 4.74 Å². The molecule has 1 saturated carbocycles. The Morgan fingerprint density at radius 1 is 1.32 bits per heavy atom. The molecule has 0 saturated heterocycles. The number of hydrogen-bond donors (Lipinski definition) is 1. The van der Waals surface area contributed by atoms with Gasteiger partial charge in [0.05, 0.1) is 6.07 Å². The molecule has 0 aliphatic heterocycles. The minimum absolute atomic E-state index is 0.360. The van der Waals surface area contributed by atoms with Gasteiger partial charge in [-0.2, -0.15) is 5.26 Å². The highest BCUT2D eigenvalue weighted by atomic mass is 16.5. The standard InChI is InChI=1S/C16H30N2O/c1-3-11-18-16(2,14-17)10-6-7-12-19-13-15-8-4-5-9-15/h15,18H,3-13H2,1-2H3. The summed E-state index contributed by atoms with van der Waals surface area (Å²) in [7, 11) is 0. The molecule has 0 aromatic rings. The van der Waals surface area contributed by atoms with Crippen molar-refractivity contribution >= 4 is 0 Å². The maximum atomic E-state index is 9.21. The third-order valence-electron chi connectivity index (χ3n) is 4.06. The zero-order valence-corrected chi connectivity index (χ0v) is 12.7. The van der Waals surface area contributed by atoms with Crippen LogP contribution in [0, 0.1) is 17.2 Å². The molecule has 1 N–H and O–H groups in total. The molecule has 1 aliphatic carbocycles. The molecule has 0 amide bonds. The maximum Gasteiger partial charge on any atom is 0.103 e. The van der Waals surface area contributed by atoms with Crippen molar-refractivity contribution in [3.8, 4) is 6.07 Å². The Balaban J connectivity index is 2.00. The number of nitrogens with one attached hydrogen (secondary N) is 1. The first-order valence-electron chi connectivity index (χ1n) is 7.94. The van der Waals surface area contributed by atoms with Crippen LogP contribution in [0.3, 0.4) is 0 Å². The summed E-state index contributed by atoms with van der Waals surface area (Å²) in [4.78, 5) is 0. The van der Waals surface area contributed by atoms with Crippen molar-refractivity contribution in [2.45, 2.75) is 70.8 Å². The van der Waals surface area contributed by atoms with E-state index in [4.69, 9.17) is 4.74 Å². The van der Waals surface area contributed by atoms with Crippen molar-refractivity contribution in [2.75, 3.05) is 19.8 Å². The summed E-state index contributed by atoms with van der Waals surface area (Å²) >= 11 is 0. The molecule has 0 spiro atoms. The Morgan fingerprint density at radius 2 is 2.05 bits per heavy atom. The number of rotatable bonds is 10. The Hall–Kier alpha value is -0.590. The molecule has 19 heavy (non-hydrogen) atoms. The summed E-state index contributed by atoms with van der Waals surface area (Å²) in [5.41, 5.74) is -0.360. The van der Waals surface area contributed by atoms with E-state index < -0.39 is 0 Å². The van der Waals surface area contributed by atoms with Crippen molar-refractivity contribution in [3.05, 3.63) is 0 Å². The predicted octanol–water partition coefficient (Wildman–Crippen LogP) is 3.65. The summed E-state index contributed by atoms with van der Waals surface area (Å²) in [6.07, 6.45) is 9.59. The zero-order valence-electron chi connectivity index (χ0n) is 12.7. The largest absolute Gasteiger partial charge is 0.381 e. The number of ether oxygens (including phenoxy) is 1. The average molecular weight is 266 g/mol. The van der Waals surface area contributed by atoms with Crippen molar-refractivity contribution in [3.63, 3.8) is 0 Å². The van der Waals surface area contributed by atoms with E-state index in [0.717, 1.165) is 51.4 Å². The Labute approximate surface area is 118 Å². The highest BCUT2D eigenvalue weighted by molar-refractivity contribution is 5.03. The van der Waals surface area contributed by atoms with Crippen LogP contribution in [0.5, 0.6) is 0 Å². The van der Waals surface area contributed by atoms with Crippen LogP contribution >= 0.6 is 0 Å². The second-order valence-corrected chi connectivity index (χ2v) is 6.05. The third-order valence-corrected chi connectivity index (χ3v) is 4.06. The number of nitriles is 1. The molecule has 0 heterocycles. The lowest BCUT2D eigenvalue weighted by Gasteiger charge is -2.23. The molecule has 110 valence electrons. The van der Waals surface area contributed by atoms with Crippen molar-refractivity contribution in [1.29, 1.82) is 5.26 Å². The van der Waals surface area contributed by atoms with E-state index in [1.54, 1.807) is 0 Å². The van der Waals surface area contributed by atoms with Gasteiger partial charge in [0.2, 0.25) is 0 Å². The number of unbranched alkanes of at least 4 members (excludes halogenated alkanes) is 1. The van der Waals surface area contributed by atoms with Crippen LogP contribution in [-0.4, -0.2) is 25.3 Å². The van der Waals surface area contributed by atoms with Crippen LogP contribution in [0.2, 0.25) is 0 Å². The smallest absolute Gasteiger partial charge is 0.103 e. The number of nitrogens with zero attached hydrogens (tertiary/aromatic N) is 1. The fourth-order valence-corrected chi connectivity index (χ4v) is 2.69. The van der Waals surface area contributed by atoms with Gasteiger partial charge in [-0.15, -0.1) is 0 Å². The molecule has 0 bridgehead atoms. The van der Waals surface area contributed by atoms with E-state index in [2.05, 4.69) is 18.3 Å². The highest BCUT2D eigenvalue weighted by Crippen LogP contribution is 2.24. The van der Waals surface area contributed by atoms with Gasteiger partial charge in [-0.3, -0.25) is 5.32 Å². The summed E-state index contributed by atoms with van der Waals surface area (Å²) in [6, 6.07) is 2.40. The van der Waals surface area contributed by atoms with Crippen molar-refractivity contribution < 1.29 is 4.74 Å². The minimum Gasteiger partial charge on any atom is -0.381 e. The third kappa shape index (κ3) is 6.94. The minimum atomic E-state index is -0.360. The lowest BCUT2D eigenvalue weighted by molar-refractivity contribution is 0.0971. The van der Waals surface area contributed by atoms with Gasteiger partial charge in [0, 0.05) is 13.2 Å². The van der Waals surface area contributed by atoms with E-state index in [0.29, 0.717) is 0 Å². The maximum absolute atomic E-state index is 9.21. The van der Waals surface area contributed by atoms with Gasteiger partial charge in [0.25, 0.3) is 0 Å². The quantitative estimate of drug-likeness (QED) is 0.614. The first kappa shape index (κ1) is 16.5. The van der Waals surface area contributed by atoms with Crippen molar-refractivity contribution in [1.82, 2.24) is 5.32 Å². The Morgan fingerprint density at radius 3 is 2.68 bits per heavy atom. The predicted molar refractivity (Wildman–Crippen MR) is 78.9 cm³/mol. The Bertz CT molecular complexity index is 268. The van der Waals surface area contributed by atoms with Crippen molar-refractivity contribution in [2.24, 2.45) is 5.92 Å². The van der Waals surface area contributed by atoms with Crippen LogP contribution in [0.4, 0.5) is 0 Å². The summed E-state index contributed by atoms with van der Waals surface area (Å²) in [5.74, 6) is 0.815. The first-order valence-corrected chi connectivity index (χ1v) is 7.94. The van der Waals surface area contributed by atoms with Crippen LogP contribution in [0.15, 0.2) is 0 Å². The van der Waals surface area contributed by atoms with E-state index in [9.17, 15) is 5.26 Å². The fraction of sp³-hybridized carbons (Fsp3) is 0.938. The van der Waals surface area contributed by atoms with E-state index >= 15 is 0 Å². The highest BCUT2D eigenvalue weighted by Gasteiger charge is 2.21. The van der Waals surface area contributed by atoms with E-state index in [1.807, 2.05) is 6.92 Å². The monoisotopic (exact) mass is 266 g/mol. The summed E-state index contributed by atoms with van der Waals surface area (Å²) < 4.78 is 5.74. The fourth-order valence-electron chi connectivity index (χ4n) is 2.69. The average Bonchev–Trinajstić information content (AvgIpc) is 2.93. The molecule has 0 aromatic carbocycles. The van der Waals surface area contributed by atoms with Gasteiger partial charge in [-0.05, 0) is 57.9 Å². The zero-order chi connectivity index (χ0) is 14.0. The second kappa shape index (κ2) is 9.34. The van der Waals surface area contributed by atoms with Crippen LogP contribution in [0.1, 0.15) is 65.2 Å². The first-order chi connectivity index (χ1) is 9.20. The lowest BCUT2D eigenvalue weighted by Crippen LogP contribution is -2.41. The molecule has 3 nitrogen and oxygen atoms in total. The van der Waals surface area contributed by atoms with E-state index in [1.165, 1.54) is 25.7 Å². The molecule has 1 fully saturated rings. The Kier molecular flexibility index (Phi) is 8.09. The lowest BCUT2D eigenvalue weighted by atomic mass is 9.96. The van der Waals surface area contributed by atoms with Gasteiger partial charge >= 0.3 is 0 Å². The summed E-state index contributed by atoms with van der Waals surface area (Å²) in [5, 5.41) is 12.5. The molecule has 1 aliphatic rings. The van der Waals surface area contributed by atoms with Crippen LogP contribution in [0.25, 0.3) is 0 Å². The van der Waals surface area contributed by atoms with Gasteiger partial charge < -0.3 is 4.74 Å². The van der Waals surface area contributed by atoms with Gasteiger partial charge in [0.1, 0.15) is 5.54 Å². The second-order valence-electron chi connectivity index (χ2n) is 6.05. The molecule has 1 rings (SSSR count). The summed E-state index contributed by atoms with van der Waals surface area (Å²) in [6.45, 7) is 6.85. The molecular weight excluding hydrogens is 236 g/mol. The molecule has 1 unspecified atom stereocenters. The SMILES string of the molecule is CCCNC(C)(C#N)CCCCOCC1CCCC1. The molecule has 0 aromatic heterocycles. The molecule has 0 radical (unpaired) electrons. The molecule has 3 heteroatoms. The molecular formula is C16H30N2O. The van der Waals surface area contributed by atoms with Gasteiger partial charge in [-0.25, -0.2) is 0 Å². The number of hydrogen-bond acceptors (Lipinski definition) is 3. The van der Waals surface area contributed by atoms with Crippen LogP contribution < -0.4 is 5.32 Å². The normalized spacial score (nSPS) is 19.2. The molecule has 1 atom stereocenters. The van der Waals surface area contributed by atoms with Gasteiger partial charge in [-0.1, -0.05) is 19.8 Å².